The van der Waals surface area contributed by atoms with Gasteiger partial charge >= 0.3 is 0 Å². The van der Waals surface area contributed by atoms with Crippen molar-refractivity contribution < 1.29 is 9.15 Å². The van der Waals surface area contributed by atoms with Crippen molar-refractivity contribution in [3.05, 3.63) is 28.9 Å². The Labute approximate surface area is 78.3 Å². The summed E-state index contributed by atoms with van der Waals surface area (Å²) in [6, 6.07) is 5.72. The number of hydrogen-bond donors (Lipinski definition) is 0. The fraction of sp³-hybridized carbons (Fsp3) is 0.111. The molecule has 0 aliphatic carbocycles. The fourth-order valence-corrected chi connectivity index (χ4v) is 1.68. The van der Waals surface area contributed by atoms with Crippen LogP contribution in [0.4, 0.5) is 0 Å². The van der Waals surface area contributed by atoms with Crippen LogP contribution in [0.3, 0.4) is 0 Å². The van der Waals surface area contributed by atoms with Gasteiger partial charge < -0.3 is 9.15 Å². The highest BCUT2D eigenvalue weighted by atomic mass is 79.9. The summed E-state index contributed by atoms with van der Waals surface area (Å²) >= 11 is 3.39. The summed E-state index contributed by atoms with van der Waals surface area (Å²) in [5.41, 5.74) is 0.857. The van der Waals surface area contributed by atoms with E-state index in [1.807, 2.05) is 18.2 Å². The Morgan fingerprint density at radius 2 is 2.25 bits per heavy atom. The standard InChI is InChI=1S/C9H7BrO2/c1-11-7-4-6-2-3-12-9(6)8(10)5-7/h2-5H,1H3. The molecule has 2 nitrogen and oxygen atoms in total. The van der Waals surface area contributed by atoms with E-state index in [1.165, 1.54) is 0 Å². The quantitative estimate of drug-likeness (QED) is 0.746. The molecule has 0 bridgehead atoms. The van der Waals surface area contributed by atoms with Crippen molar-refractivity contribution in [3.63, 3.8) is 0 Å². The monoisotopic (exact) mass is 226 g/mol. The predicted molar refractivity (Wildman–Crippen MR) is 50.5 cm³/mol. The van der Waals surface area contributed by atoms with Crippen molar-refractivity contribution in [1.82, 2.24) is 0 Å². The van der Waals surface area contributed by atoms with Gasteiger partial charge in [0.05, 0.1) is 17.8 Å². The average Bonchev–Trinajstić information content (AvgIpc) is 2.52. The maximum absolute atomic E-state index is 5.25. The van der Waals surface area contributed by atoms with Gasteiger partial charge in [-0.25, -0.2) is 0 Å². The van der Waals surface area contributed by atoms with E-state index in [0.717, 1.165) is 21.2 Å². The molecule has 2 rings (SSSR count). The Balaban J connectivity index is 2.75. The summed E-state index contributed by atoms with van der Waals surface area (Å²) in [7, 11) is 1.65. The smallest absolute Gasteiger partial charge is 0.148 e. The van der Waals surface area contributed by atoms with E-state index in [-0.39, 0.29) is 0 Å². The van der Waals surface area contributed by atoms with Crippen LogP contribution in [0, 0.1) is 0 Å². The zero-order valence-electron chi connectivity index (χ0n) is 6.50. The molecule has 12 heavy (non-hydrogen) atoms. The molecular weight excluding hydrogens is 220 g/mol. The van der Waals surface area contributed by atoms with Gasteiger partial charge in [-0.15, -0.1) is 0 Å². The van der Waals surface area contributed by atoms with E-state index < -0.39 is 0 Å². The molecule has 0 aliphatic rings. The predicted octanol–water partition coefficient (Wildman–Crippen LogP) is 3.20. The minimum absolute atomic E-state index is 0.829. The number of ether oxygens (including phenoxy) is 1. The molecule has 0 saturated carbocycles. The first kappa shape index (κ1) is 7.68. The highest BCUT2D eigenvalue weighted by Crippen LogP contribution is 2.29. The number of halogens is 1. The topological polar surface area (TPSA) is 22.4 Å². The Bertz CT molecular complexity index is 406. The van der Waals surface area contributed by atoms with Crippen LogP contribution in [0.15, 0.2) is 33.4 Å². The van der Waals surface area contributed by atoms with Gasteiger partial charge in [-0.05, 0) is 34.1 Å². The van der Waals surface area contributed by atoms with Gasteiger partial charge in [-0.1, -0.05) is 0 Å². The molecule has 1 aromatic carbocycles. The van der Waals surface area contributed by atoms with Crippen LogP contribution in [0.5, 0.6) is 5.75 Å². The van der Waals surface area contributed by atoms with Crippen molar-refractivity contribution in [3.8, 4) is 5.75 Å². The number of rotatable bonds is 1. The third kappa shape index (κ3) is 1.10. The first-order valence-corrected chi connectivity index (χ1v) is 4.31. The van der Waals surface area contributed by atoms with Crippen LogP contribution in [-0.2, 0) is 0 Å². The Hall–Kier alpha value is -0.960. The van der Waals surface area contributed by atoms with Crippen LogP contribution in [0.25, 0.3) is 11.0 Å². The highest BCUT2D eigenvalue weighted by molar-refractivity contribution is 9.10. The third-order valence-corrected chi connectivity index (χ3v) is 2.30. The summed E-state index contributed by atoms with van der Waals surface area (Å²) in [6.07, 6.45) is 1.66. The van der Waals surface area contributed by atoms with Gasteiger partial charge in [0.15, 0.2) is 0 Å². The lowest BCUT2D eigenvalue weighted by atomic mass is 10.2. The highest BCUT2D eigenvalue weighted by Gasteiger charge is 2.03. The summed E-state index contributed by atoms with van der Waals surface area (Å²) in [5, 5.41) is 1.04. The molecule has 0 saturated heterocycles. The third-order valence-electron chi connectivity index (χ3n) is 1.72. The lowest BCUT2D eigenvalue weighted by molar-refractivity contribution is 0.415. The maximum Gasteiger partial charge on any atom is 0.148 e. The molecular formula is C9H7BrO2. The number of fused-ring (bicyclic) bond motifs is 1. The number of furan rings is 1. The SMILES string of the molecule is COc1cc(Br)c2occc2c1. The van der Waals surface area contributed by atoms with E-state index in [0.29, 0.717) is 0 Å². The minimum atomic E-state index is 0.829. The van der Waals surface area contributed by atoms with Crippen LogP contribution in [0.2, 0.25) is 0 Å². The largest absolute Gasteiger partial charge is 0.497 e. The number of methoxy groups -OCH3 is 1. The molecule has 62 valence electrons. The zero-order chi connectivity index (χ0) is 8.55. The normalized spacial score (nSPS) is 10.5. The van der Waals surface area contributed by atoms with E-state index in [2.05, 4.69) is 15.9 Å². The van der Waals surface area contributed by atoms with Crippen molar-refractivity contribution in [2.24, 2.45) is 0 Å². The minimum Gasteiger partial charge on any atom is -0.497 e. The van der Waals surface area contributed by atoms with Crippen molar-refractivity contribution >= 4 is 26.9 Å². The zero-order valence-corrected chi connectivity index (χ0v) is 8.09. The molecule has 1 heterocycles. The molecule has 0 amide bonds. The molecule has 0 radical (unpaired) electrons. The molecule has 3 heteroatoms. The van der Waals surface area contributed by atoms with Crippen molar-refractivity contribution in [2.75, 3.05) is 7.11 Å². The second-order valence-corrected chi connectivity index (χ2v) is 3.30. The van der Waals surface area contributed by atoms with E-state index >= 15 is 0 Å². The fourth-order valence-electron chi connectivity index (χ4n) is 1.13. The van der Waals surface area contributed by atoms with Gasteiger partial charge in [0.25, 0.3) is 0 Å². The summed E-state index contributed by atoms with van der Waals surface area (Å²) in [6.45, 7) is 0. The van der Waals surface area contributed by atoms with E-state index in [9.17, 15) is 0 Å². The Morgan fingerprint density at radius 3 is 3.00 bits per heavy atom. The Morgan fingerprint density at radius 1 is 1.42 bits per heavy atom. The number of hydrogen-bond acceptors (Lipinski definition) is 2. The molecule has 0 fully saturated rings. The lowest BCUT2D eigenvalue weighted by Crippen LogP contribution is -1.81. The molecule has 0 spiro atoms. The van der Waals surface area contributed by atoms with Crippen molar-refractivity contribution in [2.45, 2.75) is 0 Å². The first-order chi connectivity index (χ1) is 5.81. The van der Waals surface area contributed by atoms with Gasteiger partial charge in [0.2, 0.25) is 0 Å². The molecule has 0 N–H and O–H groups in total. The van der Waals surface area contributed by atoms with Crippen LogP contribution in [-0.4, -0.2) is 7.11 Å². The van der Waals surface area contributed by atoms with Gasteiger partial charge in [0.1, 0.15) is 11.3 Å². The van der Waals surface area contributed by atoms with Gasteiger partial charge in [-0.3, -0.25) is 0 Å². The van der Waals surface area contributed by atoms with Gasteiger partial charge in [0, 0.05) is 5.39 Å². The van der Waals surface area contributed by atoms with Crippen LogP contribution < -0.4 is 4.74 Å². The average molecular weight is 227 g/mol. The molecule has 1 aromatic heterocycles. The summed E-state index contributed by atoms with van der Waals surface area (Å²) in [5.74, 6) is 0.829. The van der Waals surface area contributed by atoms with E-state index in [1.54, 1.807) is 13.4 Å². The van der Waals surface area contributed by atoms with Crippen LogP contribution >= 0.6 is 15.9 Å². The first-order valence-electron chi connectivity index (χ1n) is 3.52. The molecule has 0 unspecified atom stereocenters. The van der Waals surface area contributed by atoms with Crippen LogP contribution in [0.1, 0.15) is 0 Å². The second kappa shape index (κ2) is 2.83. The Kier molecular flexibility index (Phi) is 1.81. The molecule has 0 atom stereocenters. The van der Waals surface area contributed by atoms with Crippen molar-refractivity contribution in [1.29, 1.82) is 0 Å². The van der Waals surface area contributed by atoms with E-state index in [4.69, 9.17) is 9.15 Å². The molecule has 2 aromatic rings. The lowest BCUT2D eigenvalue weighted by Gasteiger charge is -1.99. The second-order valence-electron chi connectivity index (χ2n) is 2.45. The summed E-state index contributed by atoms with van der Waals surface area (Å²) < 4.78 is 11.3. The molecule has 0 aliphatic heterocycles. The maximum atomic E-state index is 5.25. The number of benzene rings is 1. The summed E-state index contributed by atoms with van der Waals surface area (Å²) in [4.78, 5) is 0. The van der Waals surface area contributed by atoms with Gasteiger partial charge in [-0.2, -0.15) is 0 Å².